The largest absolute Gasteiger partial charge is 0.497 e. The van der Waals surface area contributed by atoms with Crippen molar-refractivity contribution < 1.29 is 27.5 Å². The fourth-order valence-electron chi connectivity index (χ4n) is 4.11. The van der Waals surface area contributed by atoms with Gasteiger partial charge in [0.2, 0.25) is 11.8 Å². The Morgan fingerprint density at radius 1 is 0.951 bits per heavy atom. The second kappa shape index (κ2) is 14.2. The summed E-state index contributed by atoms with van der Waals surface area (Å²) in [6, 6.07) is 18.4. The van der Waals surface area contributed by atoms with Crippen LogP contribution in [0.3, 0.4) is 0 Å². The lowest BCUT2D eigenvalue weighted by molar-refractivity contribution is -0.139. The van der Waals surface area contributed by atoms with Crippen molar-refractivity contribution in [3.05, 3.63) is 83.4 Å². The topological polar surface area (TPSA) is 105 Å². The van der Waals surface area contributed by atoms with E-state index in [9.17, 15) is 18.0 Å². The summed E-state index contributed by atoms with van der Waals surface area (Å²) in [6.07, 6.45) is 0.708. The highest BCUT2D eigenvalue weighted by Crippen LogP contribution is 2.35. The van der Waals surface area contributed by atoms with Gasteiger partial charge in [-0.3, -0.25) is 13.9 Å². The molecular weight excluding hydrogens is 566 g/mol. The van der Waals surface area contributed by atoms with Gasteiger partial charge in [-0.25, -0.2) is 8.42 Å². The highest BCUT2D eigenvalue weighted by atomic mass is 35.5. The third kappa shape index (κ3) is 7.92. The van der Waals surface area contributed by atoms with Crippen LogP contribution in [0.15, 0.2) is 77.7 Å². The van der Waals surface area contributed by atoms with Crippen molar-refractivity contribution in [1.82, 2.24) is 10.2 Å². The molecular formula is C30H36ClN3O6S. The van der Waals surface area contributed by atoms with Crippen LogP contribution in [0.5, 0.6) is 11.5 Å². The maximum absolute atomic E-state index is 14.1. The zero-order valence-corrected chi connectivity index (χ0v) is 25.4. The minimum Gasteiger partial charge on any atom is -0.497 e. The highest BCUT2D eigenvalue weighted by Gasteiger charge is 2.34. The van der Waals surface area contributed by atoms with Crippen LogP contribution in [0.4, 0.5) is 5.69 Å². The second-order valence-electron chi connectivity index (χ2n) is 9.51. The van der Waals surface area contributed by atoms with E-state index in [0.29, 0.717) is 17.7 Å². The number of benzene rings is 3. The predicted molar refractivity (Wildman–Crippen MR) is 160 cm³/mol. The van der Waals surface area contributed by atoms with Crippen molar-refractivity contribution in [1.29, 1.82) is 0 Å². The molecule has 41 heavy (non-hydrogen) atoms. The fourth-order valence-corrected chi connectivity index (χ4v) is 5.71. The number of ether oxygens (including phenoxy) is 2. The number of methoxy groups -OCH3 is 2. The van der Waals surface area contributed by atoms with Crippen molar-refractivity contribution in [2.24, 2.45) is 0 Å². The normalized spacial score (nSPS) is 12.6. The zero-order chi connectivity index (χ0) is 30.2. The minimum absolute atomic E-state index is 0.0169. The molecule has 3 aromatic carbocycles. The third-order valence-electron chi connectivity index (χ3n) is 6.68. The third-order valence-corrected chi connectivity index (χ3v) is 8.68. The molecule has 3 aromatic rings. The maximum atomic E-state index is 14.1. The van der Waals surface area contributed by atoms with Gasteiger partial charge in [-0.05, 0) is 68.3 Å². The summed E-state index contributed by atoms with van der Waals surface area (Å²) in [7, 11) is -1.32. The van der Waals surface area contributed by atoms with Crippen molar-refractivity contribution >= 4 is 39.1 Å². The molecule has 1 N–H and O–H groups in total. The molecule has 0 saturated heterocycles. The summed E-state index contributed by atoms with van der Waals surface area (Å²) in [4.78, 5) is 28.6. The lowest BCUT2D eigenvalue weighted by Gasteiger charge is -2.33. The minimum atomic E-state index is -4.26. The highest BCUT2D eigenvalue weighted by molar-refractivity contribution is 7.92. The summed E-state index contributed by atoms with van der Waals surface area (Å²) < 4.78 is 39.7. The Morgan fingerprint density at radius 3 is 2.29 bits per heavy atom. The first-order valence-corrected chi connectivity index (χ1v) is 15.0. The molecule has 0 aromatic heterocycles. The van der Waals surface area contributed by atoms with E-state index in [1.807, 2.05) is 13.8 Å². The van der Waals surface area contributed by atoms with Gasteiger partial charge < -0.3 is 19.7 Å². The number of carbonyl (C=O) groups excluding carboxylic acids is 2. The van der Waals surface area contributed by atoms with Gasteiger partial charge >= 0.3 is 0 Å². The summed E-state index contributed by atoms with van der Waals surface area (Å²) in [5.41, 5.74) is 0.800. The Labute approximate surface area is 247 Å². The first kappa shape index (κ1) is 31.8. The van der Waals surface area contributed by atoms with Crippen LogP contribution < -0.4 is 19.1 Å². The summed E-state index contributed by atoms with van der Waals surface area (Å²) in [5, 5.41) is 3.17. The van der Waals surface area contributed by atoms with E-state index in [4.69, 9.17) is 21.1 Å². The molecule has 0 bridgehead atoms. The van der Waals surface area contributed by atoms with Crippen molar-refractivity contribution in [2.75, 3.05) is 25.1 Å². The molecule has 0 fully saturated rings. The van der Waals surface area contributed by atoms with Crippen molar-refractivity contribution in [2.45, 2.75) is 50.7 Å². The molecule has 2 atom stereocenters. The van der Waals surface area contributed by atoms with E-state index < -0.39 is 28.5 Å². The van der Waals surface area contributed by atoms with Crippen LogP contribution in [-0.2, 0) is 26.2 Å². The Kier molecular flexibility index (Phi) is 11.0. The fraction of sp³-hybridized carbons (Fsp3) is 0.333. The molecule has 0 aliphatic rings. The van der Waals surface area contributed by atoms with E-state index in [1.54, 1.807) is 55.5 Å². The molecule has 0 unspecified atom stereocenters. The number of carbonyl (C=O) groups is 2. The monoisotopic (exact) mass is 601 g/mol. The Morgan fingerprint density at radius 2 is 1.66 bits per heavy atom. The van der Waals surface area contributed by atoms with Gasteiger partial charge in [-0.1, -0.05) is 48.9 Å². The van der Waals surface area contributed by atoms with Gasteiger partial charge in [-0.2, -0.15) is 0 Å². The summed E-state index contributed by atoms with van der Waals surface area (Å²) in [6.45, 7) is 4.86. The van der Waals surface area contributed by atoms with Crippen molar-refractivity contribution in [3.63, 3.8) is 0 Å². The SMILES string of the molecule is CC[C@H](C)NC(=O)[C@@H](C)N(Cc1cccc(OC)c1)C(=O)CN(c1cc(Cl)ccc1OC)S(=O)(=O)c1ccccc1. The van der Waals surface area contributed by atoms with Gasteiger partial charge in [0.1, 0.15) is 24.1 Å². The van der Waals surface area contributed by atoms with Gasteiger partial charge in [0.05, 0.1) is 24.8 Å². The first-order chi connectivity index (χ1) is 19.5. The lowest BCUT2D eigenvalue weighted by atomic mass is 10.1. The lowest BCUT2D eigenvalue weighted by Crippen LogP contribution is -2.52. The number of nitrogens with zero attached hydrogens (tertiary/aromatic N) is 2. The van der Waals surface area contributed by atoms with Crippen LogP contribution in [0, 0.1) is 0 Å². The Balaban J connectivity index is 2.09. The van der Waals surface area contributed by atoms with E-state index in [-0.39, 0.29) is 39.8 Å². The van der Waals surface area contributed by atoms with Gasteiger partial charge in [0.15, 0.2) is 0 Å². The van der Waals surface area contributed by atoms with Gasteiger partial charge in [-0.15, -0.1) is 0 Å². The van der Waals surface area contributed by atoms with E-state index in [0.717, 1.165) is 4.31 Å². The number of hydrogen-bond acceptors (Lipinski definition) is 6. The van der Waals surface area contributed by atoms with Crippen LogP contribution in [0.2, 0.25) is 5.02 Å². The first-order valence-electron chi connectivity index (χ1n) is 13.2. The van der Waals surface area contributed by atoms with E-state index in [2.05, 4.69) is 5.32 Å². The molecule has 3 rings (SSSR count). The standard InChI is InChI=1S/C30H36ClN3O6S/c1-6-21(2)32-30(36)22(3)33(19-23-11-10-12-25(17-23)39-4)29(35)20-34(27-18-24(31)15-16-28(27)40-5)41(37,38)26-13-8-7-9-14-26/h7-18,21-22H,6,19-20H2,1-5H3,(H,32,36)/t21-,22+/m0/s1. The number of hydrogen-bond donors (Lipinski definition) is 1. The number of halogens is 1. The van der Waals surface area contributed by atoms with Crippen LogP contribution in [-0.4, -0.2) is 58.0 Å². The molecule has 2 amide bonds. The van der Waals surface area contributed by atoms with Gasteiger partial charge in [0, 0.05) is 17.6 Å². The molecule has 9 nitrogen and oxygen atoms in total. The van der Waals surface area contributed by atoms with Gasteiger partial charge in [0.25, 0.3) is 10.0 Å². The molecule has 0 aliphatic carbocycles. The summed E-state index contributed by atoms with van der Waals surface area (Å²) in [5.74, 6) is -0.151. The number of amides is 2. The second-order valence-corrected chi connectivity index (χ2v) is 11.8. The van der Waals surface area contributed by atoms with Crippen LogP contribution >= 0.6 is 11.6 Å². The van der Waals surface area contributed by atoms with Crippen LogP contribution in [0.1, 0.15) is 32.8 Å². The van der Waals surface area contributed by atoms with E-state index >= 15 is 0 Å². The molecule has 0 aliphatic heterocycles. The average molecular weight is 602 g/mol. The maximum Gasteiger partial charge on any atom is 0.264 e. The number of sulfonamides is 1. The quantitative estimate of drug-likeness (QED) is 0.299. The van der Waals surface area contributed by atoms with E-state index in [1.165, 1.54) is 43.4 Å². The number of rotatable bonds is 13. The molecule has 0 spiro atoms. The average Bonchev–Trinajstić information content (AvgIpc) is 2.98. The Bertz CT molecular complexity index is 1450. The molecule has 11 heteroatoms. The molecule has 0 saturated carbocycles. The number of anilines is 1. The number of nitrogens with one attached hydrogen (secondary N) is 1. The molecule has 220 valence electrons. The van der Waals surface area contributed by atoms with Crippen LogP contribution in [0.25, 0.3) is 0 Å². The van der Waals surface area contributed by atoms with Crippen molar-refractivity contribution in [3.8, 4) is 11.5 Å². The zero-order valence-electron chi connectivity index (χ0n) is 23.8. The summed E-state index contributed by atoms with van der Waals surface area (Å²) >= 11 is 6.27. The molecule has 0 radical (unpaired) electrons. The Hall–Kier alpha value is -3.76. The molecule has 0 heterocycles. The predicted octanol–water partition coefficient (Wildman–Crippen LogP) is 4.88. The smallest absolute Gasteiger partial charge is 0.264 e.